The Balaban J connectivity index is 2.22. The molecule has 0 bridgehead atoms. The molecule has 0 radical (unpaired) electrons. The van der Waals surface area contributed by atoms with Gasteiger partial charge in [0, 0.05) is 38.3 Å². The number of nitrogens with zero attached hydrogens (tertiary/aromatic N) is 3. The van der Waals surface area contributed by atoms with E-state index in [1.807, 2.05) is 25.6 Å². The molecule has 114 valence electrons. The first-order chi connectivity index (χ1) is 9.31. The zero-order chi connectivity index (χ0) is 14.9. The van der Waals surface area contributed by atoms with Gasteiger partial charge < -0.3 is 15.3 Å². The van der Waals surface area contributed by atoms with E-state index in [-0.39, 0.29) is 0 Å². The zero-order valence-corrected chi connectivity index (χ0v) is 13.4. The molecule has 0 aliphatic heterocycles. The number of nitrogens with one attached hydrogen (secondary N) is 1. The van der Waals surface area contributed by atoms with Crippen LogP contribution >= 0.6 is 0 Å². The Hall–Kier alpha value is -1.07. The van der Waals surface area contributed by atoms with E-state index in [0.717, 1.165) is 24.6 Å². The lowest BCUT2D eigenvalue weighted by Crippen LogP contribution is -2.40. The maximum absolute atomic E-state index is 10.1. The van der Waals surface area contributed by atoms with Gasteiger partial charge in [-0.05, 0) is 40.5 Å². The van der Waals surface area contributed by atoms with Crippen molar-refractivity contribution < 1.29 is 5.11 Å². The molecule has 20 heavy (non-hydrogen) atoms. The summed E-state index contributed by atoms with van der Waals surface area (Å²) in [6.07, 6.45) is 2.58. The standard InChI is InChI=1S/C15H28N4O/c1-6-19(10-15(3,4)20)14-13(9-16-12-7-8-12)11(2)17-18(14)5/h12,16,20H,6-10H2,1-5H3. The van der Waals surface area contributed by atoms with Crippen molar-refractivity contribution in [3.63, 3.8) is 0 Å². The minimum Gasteiger partial charge on any atom is -0.389 e. The first-order valence-corrected chi connectivity index (χ1v) is 7.55. The van der Waals surface area contributed by atoms with Crippen LogP contribution in [0.25, 0.3) is 0 Å². The molecule has 1 saturated carbocycles. The van der Waals surface area contributed by atoms with Crippen LogP contribution < -0.4 is 10.2 Å². The fraction of sp³-hybridized carbons (Fsp3) is 0.800. The van der Waals surface area contributed by atoms with E-state index >= 15 is 0 Å². The van der Waals surface area contributed by atoms with Crippen LogP contribution in [0.2, 0.25) is 0 Å². The molecule has 0 spiro atoms. The maximum atomic E-state index is 10.1. The van der Waals surface area contributed by atoms with Crippen LogP contribution in [0.1, 0.15) is 44.9 Å². The molecule has 0 saturated heterocycles. The molecule has 2 N–H and O–H groups in total. The third kappa shape index (κ3) is 3.73. The van der Waals surface area contributed by atoms with Crippen LogP contribution in [0.4, 0.5) is 5.82 Å². The topological polar surface area (TPSA) is 53.3 Å². The normalized spacial score (nSPS) is 15.7. The fourth-order valence-electron chi connectivity index (χ4n) is 2.63. The number of hydrogen-bond acceptors (Lipinski definition) is 4. The lowest BCUT2D eigenvalue weighted by atomic mass is 10.1. The van der Waals surface area contributed by atoms with Crippen molar-refractivity contribution in [2.75, 3.05) is 18.0 Å². The lowest BCUT2D eigenvalue weighted by Gasteiger charge is -2.30. The number of rotatable bonds is 7. The van der Waals surface area contributed by atoms with Gasteiger partial charge >= 0.3 is 0 Å². The Bertz CT molecular complexity index is 457. The predicted octanol–water partition coefficient (Wildman–Crippen LogP) is 1.58. The number of anilines is 1. The highest BCUT2D eigenvalue weighted by Crippen LogP contribution is 2.26. The molecule has 0 atom stereocenters. The summed E-state index contributed by atoms with van der Waals surface area (Å²) in [5, 5.41) is 18.2. The van der Waals surface area contributed by atoms with Gasteiger partial charge in [-0.1, -0.05) is 0 Å². The van der Waals surface area contributed by atoms with Gasteiger partial charge in [-0.3, -0.25) is 4.68 Å². The van der Waals surface area contributed by atoms with Crippen LogP contribution in [-0.2, 0) is 13.6 Å². The van der Waals surface area contributed by atoms with Gasteiger partial charge in [-0.15, -0.1) is 0 Å². The molecule has 5 nitrogen and oxygen atoms in total. The highest BCUT2D eigenvalue weighted by molar-refractivity contribution is 5.50. The number of likely N-dealkylation sites (N-methyl/N-ethyl adjacent to an activating group) is 1. The molecule has 1 aromatic heterocycles. The predicted molar refractivity (Wildman–Crippen MR) is 82.0 cm³/mol. The van der Waals surface area contributed by atoms with Crippen LogP contribution in [0, 0.1) is 6.92 Å². The first kappa shape index (κ1) is 15.3. The molecule has 1 aromatic rings. The lowest BCUT2D eigenvalue weighted by molar-refractivity contribution is 0.0872. The highest BCUT2D eigenvalue weighted by Gasteiger charge is 2.26. The van der Waals surface area contributed by atoms with Crippen molar-refractivity contribution in [2.45, 2.75) is 58.7 Å². The number of hydrogen-bond donors (Lipinski definition) is 2. The van der Waals surface area contributed by atoms with Gasteiger partial charge in [0.1, 0.15) is 5.82 Å². The van der Waals surface area contributed by atoms with Crippen molar-refractivity contribution in [1.29, 1.82) is 0 Å². The summed E-state index contributed by atoms with van der Waals surface area (Å²) in [4.78, 5) is 2.21. The Morgan fingerprint density at radius 1 is 1.45 bits per heavy atom. The number of aromatic nitrogens is 2. The van der Waals surface area contributed by atoms with Gasteiger partial charge in [0.25, 0.3) is 0 Å². The average molecular weight is 280 g/mol. The van der Waals surface area contributed by atoms with Gasteiger partial charge in [0.05, 0.1) is 11.3 Å². The SMILES string of the molecule is CCN(CC(C)(C)O)c1c(CNC2CC2)c(C)nn1C. The summed E-state index contributed by atoms with van der Waals surface area (Å²) in [5.41, 5.74) is 1.62. The van der Waals surface area contributed by atoms with E-state index in [0.29, 0.717) is 12.6 Å². The minimum absolute atomic E-state index is 0.610. The Morgan fingerprint density at radius 2 is 2.10 bits per heavy atom. The summed E-state index contributed by atoms with van der Waals surface area (Å²) < 4.78 is 1.94. The van der Waals surface area contributed by atoms with E-state index in [4.69, 9.17) is 0 Å². The molecular weight excluding hydrogens is 252 g/mol. The molecule has 2 rings (SSSR count). The summed E-state index contributed by atoms with van der Waals surface area (Å²) in [6, 6.07) is 0.687. The molecule has 0 aromatic carbocycles. The van der Waals surface area contributed by atoms with Gasteiger partial charge in [-0.25, -0.2) is 0 Å². The highest BCUT2D eigenvalue weighted by atomic mass is 16.3. The van der Waals surface area contributed by atoms with Crippen LogP contribution in [0.5, 0.6) is 0 Å². The fourth-order valence-corrected chi connectivity index (χ4v) is 2.63. The van der Waals surface area contributed by atoms with Gasteiger partial charge in [0.2, 0.25) is 0 Å². The average Bonchev–Trinajstić information content (AvgIpc) is 3.10. The molecule has 1 aliphatic rings. The third-order valence-electron chi connectivity index (χ3n) is 3.72. The summed E-state index contributed by atoms with van der Waals surface area (Å²) >= 11 is 0. The number of aryl methyl sites for hydroxylation is 2. The summed E-state index contributed by atoms with van der Waals surface area (Å²) in [6.45, 7) is 10.2. The van der Waals surface area contributed by atoms with Crippen LogP contribution in [0.3, 0.4) is 0 Å². The Morgan fingerprint density at radius 3 is 2.60 bits per heavy atom. The van der Waals surface area contributed by atoms with Gasteiger partial charge in [-0.2, -0.15) is 5.10 Å². The largest absolute Gasteiger partial charge is 0.389 e. The van der Waals surface area contributed by atoms with Crippen molar-refractivity contribution >= 4 is 5.82 Å². The van der Waals surface area contributed by atoms with Crippen molar-refractivity contribution in [2.24, 2.45) is 7.05 Å². The molecule has 0 unspecified atom stereocenters. The molecular formula is C15H28N4O. The van der Waals surface area contributed by atoms with Crippen LogP contribution in [0.15, 0.2) is 0 Å². The van der Waals surface area contributed by atoms with Crippen LogP contribution in [-0.4, -0.2) is 39.6 Å². The summed E-state index contributed by atoms with van der Waals surface area (Å²) in [7, 11) is 1.98. The van der Waals surface area contributed by atoms with E-state index in [9.17, 15) is 5.11 Å². The van der Waals surface area contributed by atoms with Gasteiger partial charge in [0.15, 0.2) is 0 Å². The molecule has 1 aliphatic carbocycles. The number of aliphatic hydroxyl groups is 1. The first-order valence-electron chi connectivity index (χ1n) is 7.55. The van der Waals surface area contributed by atoms with E-state index in [1.165, 1.54) is 18.4 Å². The van der Waals surface area contributed by atoms with Crippen molar-refractivity contribution in [3.8, 4) is 0 Å². The Kier molecular flexibility index (Phi) is 4.39. The molecule has 1 heterocycles. The van der Waals surface area contributed by atoms with Crippen molar-refractivity contribution in [3.05, 3.63) is 11.3 Å². The molecule has 0 amide bonds. The van der Waals surface area contributed by atoms with E-state index < -0.39 is 5.60 Å². The smallest absolute Gasteiger partial charge is 0.131 e. The maximum Gasteiger partial charge on any atom is 0.131 e. The molecule has 5 heteroatoms. The summed E-state index contributed by atoms with van der Waals surface area (Å²) in [5.74, 6) is 1.13. The Labute approximate surface area is 122 Å². The zero-order valence-electron chi connectivity index (χ0n) is 13.4. The minimum atomic E-state index is -0.713. The van der Waals surface area contributed by atoms with E-state index in [1.54, 1.807) is 0 Å². The second-order valence-electron chi connectivity index (χ2n) is 6.49. The molecule has 1 fully saturated rings. The third-order valence-corrected chi connectivity index (χ3v) is 3.72. The second-order valence-corrected chi connectivity index (χ2v) is 6.49. The van der Waals surface area contributed by atoms with E-state index in [2.05, 4.69) is 29.2 Å². The van der Waals surface area contributed by atoms with Crippen molar-refractivity contribution in [1.82, 2.24) is 15.1 Å². The second kappa shape index (κ2) is 5.74. The monoisotopic (exact) mass is 280 g/mol. The quantitative estimate of drug-likeness (QED) is 0.796.